The number of morpholine rings is 1. The summed E-state index contributed by atoms with van der Waals surface area (Å²) < 4.78 is 5.57. The molecule has 1 aromatic carbocycles. The number of amides is 2. The molecule has 6 heteroatoms. The molecule has 0 aliphatic carbocycles. The van der Waals surface area contributed by atoms with Gasteiger partial charge < -0.3 is 15.0 Å². The number of rotatable bonds is 2. The van der Waals surface area contributed by atoms with Gasteiger partial charge in [-0.25, -0.2) is 0 Å². The van der Waals surface area contributed by atoms with Crippen molar-refractivity contribution in [2.45, 2.75) is 31.0 Å². The molecule has 21 heavy (non-hydrogen) atoms. The van der Waals surface area contributed by atoms with Crippen molar-refractivity contribution in [2.24, 2.45) is 0 Å². The lowest BCUT2D eigenvalue weighted by Crippen LogP contribution is -2.51. The molecule has 2 amide bonds. The van der Waals surface area contributed by atoms with E-state index in [0.29, 0.717) is 18.8 Å². The standard InChI is InChI=1S/C15H20N2O3S/c1-10-8-17(9-11(2)20-10)15(19)14(18)16-12-5-4-6-13(7-12)21-3/h4-7,10-11H,8-9H2,1-3H3,(H,16,18). The molecular formula is C15H20N2O3S. The number of carbonyl (C=O) groups is 2. The Bertz CT molecular complexity index is 525. The van der Waals surface area contributed by atoms with Crippen molar-refractivity contribution >= 4 is 29.3 Å². The summed E-state index contributed by atoms with van der Waals surface area (Å²) in [5, 5.41) is 2.66. The highest BCUT2D eigenvalue weighted by atomic mass is 32.2. The van der Waals surface area contributed by atoms with Crippen LogP contribution in [0, 0.1) is 0 Å². The van der Waals surface area contributed by atoms with E-state index in [0.717, 1.165) is 4.90 Å². The summed E-state index contributed by atoms with van der Waals surface area (Å²) in [6, 6.07) is 7.42. The Balaban J connectivity index is 2.00. The van der Waals surface area contributed by atoms with E-state index >= 15 is 0 Å². The molecule has 0 spiro atoms. The Morgan fingerprint density at radius 1 is 1.29 bits per heavy atom. The van der Waals surface area contributed by atoms with Gasteiger partial charge in [0.1, 0.15) is 0 Å². The number of benzene rings is 1. The lowest BCUT2D eigenvalue weighted by molar-refractivity contribution is -0.151. The van der Waals surface area contributed by atoms with Gasteiger partial charge in [-0.15, -0.1) is 11.8 Å². The number of nitrogens with zero attached hydrogens (tertiary/aromatic N) is 1. The molecule has 0 aromatic heterocycles. The first-order valence-electron chi connectivity index (χ1n) is 6.89. The first kappa shape index (κ1) is 15.9. The van der Waals surface area contributed by atoms with Crippen molar-refractivity contribution in [1.29, 1.82) is 0 Å². The van der Waals surface area contributed by atoms with Crippen LogP contribution in [-0.4, -0.2) is 48.3 Å². The van der Waals surface area contributed by atoms with Gasteiger partial charge in [0.2, 0.25) is 0 Å². The highest BCUT2D eigenvalue weighted by Gasteiger charge is 2.29. The number of ether oxygens (including phenoxy) is 1. The Morgan fingerprint density at radius 3 is 2.57 bits per heavy atom. The van der Waals surface area contributed by atoms with Gasteiger partial charge in [-0.1, -0.05) is 6.07 Å². The predicted molar refractivity (Wildman–Crippen MR) is 83.4 cm³/mol. The van der Waals surface area contributed by atoms with Crippen LogP contribution in [0.2, 0.25) is 0 Å². The van der Waals surface area contributed by atoms with Crippen molar-refractivity contribution in [3.05, 3.63) is 24.3 Å². The van der Waals surface area contributed by atoms with E-state index in [2.05, 4.69) is 5.32 Å². The minimum atomic E-state index is -0.602. The number of anilines is 1. The molecule has 5 nitrogen and oxygen atoms in total. The van der Waals surface area contributed by atoms with Gasteiger partial charge in [0, 0.05) is 23.7 Å². The molecule has 0 saturated carbocycles. The van der Waals surface area contributed by atoms with Gasteiger partial charge in [0.05, 0.1) is 12.2 Å². The zero-order valence-electron chi connectivity index (χ0n) is 12.5. The van der Waals surface area contributed by atoms with Gasteiger partial charge in [0.15, 0.2) is 0 Å². The maximum absolute atomic E-state index is 12.2. The molecular weight excluding hydrogens is 288 g/mol. The number of hydrogen-bond donors (Lipinski definition) is 1. The zero-order valence-corrected chi connectivity index (χ0v) is 13.3. The topological polar surface area (TPSA) is 58.6 Å². The van der Waals surface area contributed by atoms with Crippen LogP contribution in [0.1, 0.15) is 13.8 Å². The summed E-state index contributed by atoms with van der Waals surface area (Å²) in [7, 11) is 0. The van der Waals surface area contributed by atoms with E-state index in [-0.39, 0.29) is 12.2 Å². The number of carbonyl (C=O) groups excluding carboxylic acids is 2. The van der Waals surface area contributed by atoms with E-state index < -0.39 is 11.8 Å². The fraction of sp³-hybridized carbons (Fsp3) is 0.467. The molecule has 1 heterocycles. The highest BCUT2D eigenvalue weighted by molar-refractivity contribution is 7.98. The quantitative estimate of drug-likeness (QED) is 0.670. The zero-order chi connectivity index (χ0) is 15.4. The Labute approximate surface area is 129 Å². The van der Waals surface area contributed by atoms with Gasteiger partial charge >= 0.3 is 11.8 Å². The minimum absolute atomic E-state index is 0.0506. The third kappa shape index (κ3) is 4.22. The lowest BCUT2D eigenvalue weighted by Gasteiger charge is -2.34. The summed E-state index contributed by atoms with van der Waals surface area (Å²) in [6.07, 6.45) is 1.86. The van der Waals surface area contributed by atoms with Gasteiger partial charge in [-0.3, -0.25) is 9.59 Å². The van der Waals surface area contributed by atoms with Crippen molar-refractivity contribution < 1.29 is 14.3 Å². The molecule has 1 fully saturated rings. The van der Waals surface area contributed by atoms with E-state index in [9.17, 15) is 9.59 Å². The second kappa shape index (κ2) is 6.95. The Kier molecular flexibility index (Phi) is 5.25. The molecule has 1 aliphatic heterocycles. The van der Waals surface area contributed by atoms with Gasteiger partial charge in [-0.05, 0) is 38.3 Å². The predicted octanol–water partition coefficient (Wildman–Crippen LogP) is 1.98. The first-order chi connectivity index (χ1) is 9.99. The van der Waals surface area contributed by atoms with Crippen molar-refractivity contribution in [3.8, 4) is 0 Å². The van der Waals surface area contributed by atoms with Crippen molar-refractivity contribution in [1.82, 2.24) is 4.90 Å². The van der Waals surface area contributed by atoms with Crippen LogP contribution in [0.4, 0.5) is 5.69 Å². The fourth-order valence-electron chi connectivity index (χ4n) is 2.37. The monoisotopic (exact) mass is 308 g/mol. The van der Waals surface area contributed by atoms with Crippen LogP contribution in [0.5, 0.6) is 0 Å². The number of nitrogens with one attached hydrogen (secondary N) is 1. The van der Waals surface area contributed by atoms with Crippen molar-refractivity contribution in [2.75, 3.05) is 24.7 Å². The average molecular weight is 308 g/mol. The molecule has 1 aromatic rings. The summed E-state index contributed by atoms with van der Waals surface area (Å²) in [5.74, 6) is -1.11. The van der Waals surface area contributed by atoms with E-state index in [1.54, 1.807) is 22.7 Å². The molecule has 0 bridgehead atoms. The first-order valence-corrected chi connectivity index (χ1v) is 8.12. The van der Waals surface area contributed by atoms with E-state index in [4.69, 9.17) is 4.74 Å². The average Bonchev–Trinajstić information content (AvgIpc) is 2.45. The molecule has 2 atom stereocenters. The van der Waals surface area contributed by atoms with Crippen molar-refractivity contribution in [3.63, 3.8) is 0 Å². The van der Waals surface area contributed by atoms with Crippen LogP contribution in [0.25, 0.3) is 0 Å². The third-order valence-electron chi connectivity index (χ3n) is 3.23. The Morgan fingerprint density at radius 2 is 1.95 bits per heavy atom. The maximum Gasteiger partial charge on any atom is 0.313 e. The largest absolute Gasteiger partial charge is 0.372 e. The van der Waals surface area contributed by atoms with Crippen LogP contribution in [0.15, 0.2) is 29.2 Å². The SMILES string of the molecule is CSc1cccc(NC(=O)C(=O)N2CC(C)OC(C)C2)c1. The van der Waals surface area contributed by atoms with Crippen LogP contribution in [-0.2, 0) is 14.3 Å². The third-order valence-corrected chi connectivity index (χ3v) is 3.95. The molecule has 2 rings (SSSR count). The number of thioether (sulfide) groups is 1. The smallest absolute Gasteiger partial charge is 0.313 e. The normalized spacial score (nSPS) is 22.0. The molecule has 0 radical (unpaired) electrons. The van der Waals surface area contributed by atoms with Crippen LogP contribution >= 0.6 is 11.8 Å². The maximum atomic E-state index is 12.2. The van der Waals surface area contributed by atoms with E-state index in [1.807, 2.05) is 38.3 Å². The second-order valence-corrected chi connectivity index (χ2v) is 6.03. The second-order valence-electron chi connectivity index (χ2n) is 5.15. The lowest BCUT2D eigenvalue weighted by atomic mass is 10.2. The molecule has 114 valence electrons. The molecule has 1 aliphatic rings. The van der Waals surface area contributed by atoms with Crippen LogP contribution < -0.4 is 5.32 Å². The van der Waals surface area contributed by atoms with Crippen LogP contribution in [0.3, 0.4) is 0 Å². The van der Waals surface area contributed by atoms with Gasteiger partial charge in [-0.2, -0.15) is 0 Å². The highest BCUT2D eigenvalue weighted by Crippen LogP contribution is 2.19. The summed E-state index contributed by atoms with van der Waals surface area (Å²) >= 11 is 1.58. The molecule has 2 unspecified atom stereocenters. The van der Waals surface area contributed by atoms with E-state index in [1.165, 1.54) is 0 Å². The number of hydrogen-bond acceptors (Lipinski definition) is 4. The minimum Gasteiger partial charge on any atom is -0.372 e. The van der Waals surface area contributed by atoms with Gasteiger partial charge in [0.25, 0.3) is 0 Å². The molecule has 1 saturated heterocycles. The summed E-state index contributed by atoms with van der Waals surface area (Å²) in [5.41, 5.74) is 0.634. The molecule has 1 N–H and O–H groups in total. The Hall–Kier alpha value is -1.53. The summed E-state index contributed by atoms with van der Waals surface area (Å²) in [6.45, 7) is 4.69. The fourth-order valence-corrected chi connectivity index (χ4v) is 2.83. The summed E-state index contributed by atoms with van der Waals surface area (Å²) in [4.78, 5) is 26.9.